The molecule has 88 valence electrons. The van der Waals surface area contributed by atoms with E-state index in [1.165, 1.54) is 0 Å². The van der Waals surface area contributed by atoms with Gasteiger partial charge in [0, 0.05) is 0 Å². The number of hydrogen-bond acceptors (Lipinski definition) is 6. The first-order valence-electron chi connectivity index (χ1n) is 3.84. The minimum atomic E-state index is -0.250. The maximum Gasteiger partial charge on any atom is 0.290 e. The number of hydrogen-bond donors (Lipinski definition) is 5. The minimum Gasteiger partial charge on any atom is -0.483 e. The fraction of sp³-hybridized carbons (Fsp3) is 0.857. The van der Waals surface area contributed by atoms with Crippen LogP contribution in [0.25, 0.3) is 0 Å². The van der Waals surface area contributed by atoms with Gasteiger partial charge in [-0.2, -0.15) is 0 Å². The molecule has 0 bridgehead atoms. The molecular formula is C7H18O7. The summed E-state index contributed by atoms with van der Waals surface area (Å²) in [6.07, 6.45) is 0. The zero-order valence-corrected chi connectivity index (χ0v) is 7.87. The van der Waals surface area contributed by atoms with Crippen molar-refractivity contribution in [3.05, 3.63) is 0 Å². The van der Waals surface area contributed by atoms with Crippen molar-refractivity contribution in [2.24, 2.45) is 0 Å². The van der Waals surface area contributed by atoms with Crippen molar-refractivity contribution in [1.29, 1.82) is 0 Å². The molecule has 0 atom stereocenters. The van der Waals surface area contributed by atoms with Crippen molar-refractivity contribution < 1.29 is 35.1 Å². The molecule has 0 rings (SSSR count). The SMILES string of the molecule is O=CO.OCCO.OCCOCCO. The molecule has 0 aromatic rings. The molecule has 0 aliphatic heterocycles. The van der Waals surface area contributed by atoms with E-state index in [-0.39, 0.29) is 32.9 Å². The molecule has 0 aliphatic rings. The van der Waals surface area contributed by atoms with E-state index in [2.05, 4.69) is 4.74 Å². The smallest absolute Gasteiger partial charge is 0.290 e. The topological polar surface area (TPSA) is 127 Å². The molecule has 0 aliphatic carbocycles. The highest BCUT2D eigenvalue weighted by molar-refractivity contribution is 5.32. The molecule has 0 radical (unpaired) electrons. The van der Waals surface area contributed by atoms with Crippen LogP contribution < -0.4 is 0 Å². The van der Waals surface area contributed by atoms with Crippen LogP contribution in [0.5, 0.6) is 0 Å². The predicted octanol–water partition coefficient (Wildman–Crippen LogP) is -2.34. The van der Waals surface area contributed by atoms with Crippen LogP contribution in [0.2, 0.25) is 0 Å². The van der Waals surface area contributed by atoms with Crippen molar-refractivity contribution in [3.63, 3.8) is 0 Å². The molecule has 0 unspecified atom stereocenters. The Balaban J connectivity index is -0.000000147. The molecule has 0 aromatic heterocycles. The van der Waals surface area contributed by atoms with Gasteiger partial charge in [0.05, 0.1) is 39.6 Å². The molecule has 0 heterocycles. The summed E-state index contributed by atoms with van der Waals surface area (Å²) in [4.78, 5) is 8.36. The van der Waals surface area contributed by atoms with Gasteiger partial charge in [0.25, 0.3) is 6.47 Å². The lowest BCUT2D eigenvalue weighted by Crippen LogP contribution is -2.03. The Morgan fingerprint density at radius 3 is 1.29 bits per heavy atom. The second-order valence-corrected chi connectivity index (χ2v) is 1.61. The molecule has 0 saturated heterocycles. The third-order valence-corrected chi connectivity index (χ3v) is 0.571. The molecule has 5 N–H and O–H groups in total. The quantitative estimate of drug-likeness (QED) is 0.256. The summed E-state index contributed by atoms with van der Waals surface area (Å²) < 4.78 is 4.63. The summed E-state index contributed by atoms with van der Waals surface area (Å²) in [5.41, 5.74) is 0. The van der Waals surface area contributed by atoms with Crippen molar-refractivity contribution in [2.45, 2.75) is 0 Å². The number of carboxylic acid groups (broad SMARTS) is 1. The molecule has 0 spiro atoms. The Morgan fingerprint density at radius 2 is 1.14 bits per heavy atom. The van der Waals surface area contributed by atoms with Crippen LogP contribution >= 0.6 is 0 Å². The average Bonchev–Trinajstić information content (AvgIpc) is 2.20. The Kier molecular flexibility index (Phi) is 39.9. The number of carbonyl (C=O) groups is 1. The fourth-order valence-electron chi connectivity index (χ4n) is 0.231. The molecular weight excluding hydrogens is 196 g/mol. The van der Waals surface area contributed by atoms with Gasteiger partial charge in [-0.15, -0.1) is 0 Å². The lowest BCUT2D eigenvalue weighted by atomic mass is 10.7. The summed E-state index contributed by atoms with van der Waals surface area (Å²) in [7, 11) is 0. The first-order chi connectivity index (χ1) is 6.74. The average molecular weight is 214 g/mol. The van der Waals surface area contributed by atoms with Gasteiger partial charge in [-0.25, -0.2) is 0 Å². The van der Waals surface area contributed by atoms with E-state index in [0.717, 1.165) is 0 Å². The van der Waals surface area contributed by atoms with Gasteiger partial charge in [-0.1, -0.05) is 0 Å². The van der Waals surface area contributed by atoms with Crippen LogP contribution in [0.1, 0.15) is 0 Å². The van der Waals surface area contributed by atoms with Crippen LogP contribution in [0, 0.1) is 0 Å². The Hall–Kier alpha value is -0.730. The summed E-state index contributed by atoms with van der Waals surface area (Å²) in [6.45, 7) is 0.196. The van der Waals surface area contributed by atoms with E-state index in [9.17, 15) is 0 Å². The molecule has 0 saturated carbocycles. The largest absolute Gasteiger partial charge is 0.483 e. The molecule has 7 nitrogen and oxygen atoms in total. The summed E-state index contributed by atoms with van der Waals surface area (Å²) in [5.74, 6) is 0. The number of aliphatic hydroxyl groups excluding tert-OH is 4. The molecule has 7 heteroatoms. The first-order valence-corrected chi connectivity index (χ1v) is 3.84. The minimum absolute atomic E-state index is 0.0278. The Morgan fingerprint density at radius 1 is 0.857 bits per heavy atom. The summed E-state index contributed by atoms with van der Waals surface area (Å²) in [5, 5.41) is 38.3. The van der Waals surface area contributed by atoms with Crippen LogP contribution in [0.4, 0.5) is 0 Å². The lowest BCUT2D eigenvalue weighted by molar-refractivity contribution is -0.122. The monoisotopic (exact) mass is 214 g/mol. The first kappa shape index (κ1) is 18.9. The van der Waals surface area contributed by atoms with Gasteiger partial charge in [0.1, 0.15) is 0 Å². The zero-order chi connectivity index (χ0) is 11.7. The van der Waals surface area contributed by atoms with Crippen LogP contribution in [0.3, 0.4) is 0 Å². The van der Waals surface area contributed by atoms with Gasteiger partial charge < -0.3 is 30.3 Å². The van der Waals surface area contributed by atoms with Crippen LogP contribution in [0.15, 0.2) is 0 Å². The highest BCUT2D eigenvalue weighted by Gasteiger charge is 1.79. The summed E-state index contributed by atoms with van der Waals surface area (Å²) in [6, 6.07) is 0. The van der Waals surface area contributed by atoms with Gasteiger partial charge in [-0.05, 0) is 0 Å². The highest BCUT2D eigenvalue weighted by Crippen LogP contribution is 1.68. The fourth-order valence-corrected chi connectivity index (χ4v) is 0.231. The van der Waals surface area contributed by atoms with Gasteiger partial charge in [0.15, 0.2) is 0 Å². The second-order valence-electron chi connectivity index (χ2n) is 1.61. The molecule has 0 fully saturated rings. The number of ether oxygens (including phenoxy) is 1. The van der Waals surface area contributed by atoms with Crippen molar-refractivity contribution in [2.75, 3.05) is 39.6 Å². The third-order valence-electron chi connectivity index (χ3n) is 0.571. The Labute approximate surface area is 82.2 Å². The molecule has 0 amide bonds. The molecule has 0 aromatic carbocycles. The standard InChI is InChI=1S/C4H10O3.C2H6O2.CH2O2/c5-1-3-7-4-2-6;3-1-2-4;2-1-3/h5-6H,1-4H2;3-4H,1-2H2;1H,(H,2,3). The van der Waals surface area contributed by atoms with Gasteiger partial charge >= 0.3 is 0 Å². The van der Waals surface area contributed by atoms with E-state index in [4.69, 9.17) is 30.3 Å². The summed E-state index contributed by atoms with van der Waals surface area (Å²) >= 11 is 0. The maximum atomic E-state index is 8.36. The van der Waals surface area contributed by atoms with E-state index in [0.29, 0.717) is 13.2 Å². The second kappa shape index (κ2) is 29.5. The van der Waals surface area contributed by atoms with Crippen molar-refractivity contribution >= 4 is 6.47 Å². The predicted molar refractivity (Wildman–Crippen MR) is 47.9 cm³/mol. The Bertz CT molecular complexity index is 72.4. The van der Waals surface area contributed by atoms with Gasteiger partial charge in [-0.3, -0.25) is 4.79 Å². The van der Waals surface area contributed by atoms with E-state index < -0.39 is 0 Å². The normalized spacial score (nSPS) is 7.71. The number of aliphatic hydroxyl groups is 4. The van der Waals surface area contributed by atoms with E-state index >= 15 is 0 Å². The van der Waals surface area contributed by atoms with Crippen molar-refractivity contribution in [3.8, 4) is 0 Å². The maximum absolute atomic E-state index is 8.36. The zero-order valence-electron chi connectivity index (χ0n) is 7.87. The van der Waals surface area contributed by atoms with E-state index in [1.54, 1.807) is 0 Å². The highest BCUT2D eigenvalue weighted by atomic mass is 16.5. The van der Waals surface area contributed by atoms with Gasteiger partial charge in [0.2, 0.25) is 0 Å². The van der Waals surface area contributed by atoms with E-state index in [1.807, 2.05) is 0 Å². The van der Waals surface area contributed by atoms with Crippen LogP contribution in [-0.4, -0.2) is 71.6 Å². The van der Waals surface area contributed by atoms with Crippen LogP contribution in [-0.2, 0) is 9.53 Å². The lowest BCUT2D eigenvalue weighted by Gasteiger charge is -1.94. The third kappa shape index (κ3) is 65.2. The van der Waals surface area contributed by atoms with Crippen molar-refractivity contribution in [1.82, 2.24) is 0 Å². The number of rotatable bonds is 5. The molecule has 14 heavy (non-hydrogen) atoms.